The summed E-state index contributed by atoms with van der Waals surface area (Å²) in [5.74, 6) is 2.22. The van der Waals surface area contributed by atoms with E-state index in [1.54, 1.807) is 13.4 Å². The van der Waals surface area contributed by atoms with Crippen LogP contribution in [-0.2, 0) is 24.4 Å². The van der Waals surface area contributed by atoms with E-state index < -0.39 is 0 Å². The Kier molecular flexibility index (Phi) is 5.44. The van der Waals surface area contributed by atoms with Crippen molar-refractivity contribution in [3.8, 4) is 11.5 Å². The lowest BCUT2D eigenvalue weighted by Crippen LogP contribution is -2.34. The molecule has 2 aromatic carbocycles. The maximum atomic E-state index is 11.9. The number of hydrogen-bond donors (Lipinski definition) is 0. The van der Waals surface area contributed by atoms with Gasteiger partial charge in [0.25, 0.3) is 0 Å². The second kappa shape index (κ2) is 8.31. The van der Waals surface area contributed by atoms with Gasteiger partial charge in [0.05, 0.1) is 26.0 Å². The number of carbonyl (C=O) groups excluding carboxylic acids is 1. The molecule has 0 spiro atoms. The minimum absolute atomic E-state index is 0.352. The van der Waals surface area contributed by atoms with Crippen LogP contribution in [0.25, 0.3) is 0 Å². The van der Waals surface area contributed by atoms with Gasteiger partial charge in [-0.25, -0.2) is 0 Å². The zero-order valence-electron chi connectivity index (χ0n) is 15.8. The van der Waals surface area contributed by atoms with Gasteiger partial charge >= 0.3 is 0 Å². The first-order valence-corrected chi connectivity index (χ1v) is 9.37. The number of aldehydes is 1. The third-order valence-electron chi connectivity index (χ3n) is 5.14. The Morgan fingerprint density at radius 3 is 2.79 bits per heavy atom. The predicted molar refractivity (Wildman–Crippen MR) is 105 cm³/mol. The third kappa shape index (κ3) is 3.80. The Balaban J connectivity index is 1.51. The standard InChI is InChI=1S/C23H23NO4/c1-26-22-13-19(7-8-21(22)28-16-17-5-3-2-4-6-17)20(15-25)24-11-9-18-10-12-27-23(18)14-24/h2-8,10,12-13,15,20H,9,11,14,16H2,1H3. The van der Waals surface area contributed by atoms with Crippen molar-refractivity contribution in [3.63, 3.8) is 0 Å². The maximum absolute atomic E-state index is 11.9. The van der Waals surface area contributed by atoms with Crippen LogP contribution in [0.5, 0.6) is 11.5 Å². The zero-order valence-corrected chi connectivity index (χ0v) is 15.8. The number of furan rings is 1. The van der Waals surface area contributed by atoms with Gasteiger partial charge in [-0.3, -0.25) is 4.90 Å². The molecule has 28 heavy (non-hydrogen) atoms. The van der Waals surface area contributed by atoms with Gasteiger partial charge in [-0.05, 0) is 41.3 Å². The minimum atomic E-state index is -0.352. The first-order valence-electron chi connectivity index (χ1n) is 9.37. The van der Waals surface area contributed by atoms with Gasteiger partial charge in [0.15, 0.2) is 11.5 Å². The Labute approximate surface area is 164 Å². The molecule has 5 heteroatoms. The van der Waals surface area contributed by atoms with Crippen molar-refractivity contribution >= 4 is 6.29 Å². The summed E-state index contributed by atoms with van der Waals surface area (Å²) < 4.78 is 17.0. The number of hydrogen-bond acceptors (Lipinski definition) is 5. The fourth-order valence-electron chi connectivity index (χ4n) is 3.59. The van der Waals surface area contributed by atoms with E-state index in [-0.39, 0.29) is 6.04 Å². The fraction of sp³-hybridized carbons (Fsp3) is 0.261. The molecule has 1 unspecified atom stereocenters. The topological polar surface area (TPSA) is 51.9 Å². The molecule has 1 atom stereocenters. The summed E-state index contributed by atoms with van der Waals surface area (Å²) in [7, 11) is 1.61. The molecule has 1 aliphatic heterocycles. The van der Waals surface area contributed by atoms with E-state index in [9.17, 15) is 4.79 Å². The van der Waals surface area contributed by atoms with Crippen molar-refractivity contribution < 1.29 is 18.7 Å². The normalized spacial score (nSPS) is 14.9. The highest BCUT2D eigenvalue weighted by molar-refractivity contribution is 5.63. The molecule has 0 fully saturated rings. The summed E-state index contributed by atoms with van der Waals surface area (Å²) in [5.41, 5.74) is 3.19. The van der Waals surface area contributed by atoms with Gasteiger partial charge in [0, 0.05) is 6.54 Å². The van der Waals surface area contributed by atoms with E-state index in [2.05, 4.69) is 4.90 Å². The van der Waals surface area contributed by atoms with E-state index in [4.69, 9.17) is 13.9 Å². The highest BCUT2D eigenvalue weighted by atomic mass is 16.5. The summed E-state index contributed by atoms with van der Waals surface area (Å²) in [5, 5.41) is 0. The van der Waals surface area contributed by atoms with Crippen molar-refractivity contribution in [3.05, 3.63) is 83.3 Å². The summed E-state index contributed by atoms with van der Waals surface area (Å²) in [6, 6.07) is 17.3. The molecule has 4 rings (SSSR count). The average Bonchev–Trinajstić information content (AvgIpc) is 3.22. The number of fused-ring (bicyclic) bond motifs is 1. The van der Waals surface area contributed by atoms with Crippen LogP contribution < -0.4 is 9.47 Å². The Bertz CT molecular complexity index is 935. The molecule has 0 saturated carbocycles. The number of rotatable bonds is 7. The predicted octanol–water partition coefficient (Wildman–Crippen LogP) is 4.17. The number of benzene rings is 2. The lowest BCUT2D eigenvalue weighted by molar-refractivity contribution is -0.113. The highest BCUT2D eigenvalue weighted by Gasteiger charge is 2.27. The minimum Gasteiger partial charge on any atom is -0.493 e. The zero-order chi connectivity index (χ0) is 19.3. The molecule has 0 bridgehead atoms. The van der Waals surface area contributed by atoms with Crippen LogP contribution >= 0.6 is 0 Å². The SMILES string of the molecule is COc1cc(C(C=O)N2CCc3ccoc3C2)ccc1OCc1ccccc1. The van der Waals surface area contributed by atoms with E-state index in [1.165, 1.54) is 5.56 Å². The Hall–Kier alpha value is -3.05. The number of nitrogens with zero attached hydrogens (tertiary/aromatic N) is 1. The molecule has 3 aromatic rings. The van der Waals surface area contributed by atoms with Crippen molar-refractivity contribution in [2.24, 2.45) is 0 Å². The molecule has 0 aliphatic carbocycles. The smallest absolute Gasteiger partial charge is 0.161 e. The molecule has 144 valence electrons. The van der Waals surface area contributed by atoms with E-state index >= 15 is 0 Å². The van der Waals surface area contributed by atoms with Crippen molar-refractivity contribution in [2.45, 2.75) is 25.6 Å². The van der Waals surface area contributed by atoms with Gasteiger partial charge in [-0.1, -0.05) is 36.4 Å². The number of carbonyl (C=O) groups is 1. The summed E-state index contributed by atoms with van der Waals surface area (Å²) in [6.45, 7) is 1.89. The van der Waals surface area contributed by atoms with Gasteiger partial charge in [-0.15, -0.1) is 0 Å². The lowest BCUT2D eigenvalue weighted by atomic mass is 10.0. The van der Waals surface area contributed by atoms with Crippen molar-refractivity contribution in [1.29, 1.82) is 0 Å². The molecule has 0 amide bonds. The van der Waals surface area contributed by atoms with E-state index in [0.717, 1.165) is 36.1 Å². The Morgan fingerprint density at radius 2 is 2.00 bits per heavy atom. The molecular formula is C23H23NO4. The molecule has 0 saturated heterocycles. The highest BCUT2D eigenvalue weighted by Crippen LogP contribution is 2.34. The second-order valence-electron chi connectivity index (χ2n) is 6.85. The largest absolute Gasteiger partial charge is 0.493 e. The quantitative estimate of drug-likeness (QED) is 0.579. The molecule has 1 aliphatic rings. The lowest BCUT2D eigenvalue weighted by Gasteiger charge is -2.31. The maximum Gasteiger partial charge on any atom is 0.161 e. The van der Waals surface area contributed by atoms with Crippen molar-refractivity contribution in [2.75, 3.05) is 13.7 Å². The van der Waals surface area contributed by atoms with Crippen molar-refractivity contribution in [1.82, 2.24) is 4.90 Å². The van der Waals surface area contributed by atoms with Crippen LogP contribution in [0.3, 0.4) is 0 Å². The fourth-order valence-corrected chi connectivity index (χ4v) is 3.59. The molecule has 0 N–H and O–H groups in total. The number of ether oxygens (including phenoxy) is 2. The monoisotopic (exact) mass is 377 g/mol. The van der Waals surface area contributed by atoms with Crippen LogP contribution in [0.2, 0.25) is 0 Å². The van der Waals surface area contributed by atoms with E-state index in [0.29, 0.717) is 24.7 Å². The van der Waals surface area contributed by atoms with E-state index in [1.807, 2.05) is 54.6 Å². The first-order chi connectivity index (χ1) is 13.8. The molecular weight excluding hydrogens is 354 g/mol. The summed E-state index contributed by atoms with van der Waals surface area (Å²) in [6.07, 6.45) is 3.57. The average molecular weight is 377 g/mol. The third-order valence-corrected chi connectivity index (χ3v) is 5.14. The van der Waals surface area contributed by atoms with Crippen LogP contribution in [0, 0.1) is 0 Å². The van der Waals surface area contributed by atoms with Crippen LogP contribution in [0.15, 0.2) is 65.3 Å². The van der Waals surface area contributed by atoms with Crippen LogP contribution in [0.4, 0.5) is 0 Å². The van der Waals surface area contributed by atoms with Gasteiger partial charge in [0.1, 0.15) is 18.7 Å². The molecule has 2 heterocycles. The second-order valence-corrected chi connectivity index (χ2v) is 6.85. The van der Waals surface area contributed by atoms with Crippen LogP contribution in [-0.4, -0.2) is 24.8 Å². The van der Waals surface area contributed by atoms with Gasteiger partial charge in [0.2, 0.25) is 0 Å². The van der Waals surface area contributed by atoms with Gasteiger partial charge in [-0.2, -0.15) is 0 Å². The summed E-state index contributed by atoms with van der Waals surface area (Å²) in [4.78, 5) is 14.0. The molecule has 5 nitrogen and oxygen atoms in total. The van der Waals surface area contributed by atoms with Crippen LogP contribution in [0.1, 0.15) is 28.5 Å². The summed E-state index contributed by atoms with van der Waals surface area (Å²) >= 11 is 0. The van der Waals surface area contributed by atoms with Gasteiger partial charge < -0.3 is 18.7 Å². The number of methoxy groups -OCH3 is 1. The Morgan fingerprint density at radius 1 is 1.14 bits per heavy atom. The first kappa shape index (κ1) is 18.3. The molecule has 1 aromatic heterocycles. The molecule has 0 radical (unpaired) electrons.